The Balaban J connectivity index is 1.63. The van der Waals surface area contributed by atoms with Crippen LogP contribution in [0.4, 0.5) is 13.2 Å². The zero-order valence-electron chi connectivity index (χ0n) is 18.2. The molecule has 0 aliphatic heterocycles. The van der Waals surface area contributed by atoms with Gasteiger partial charge in [-0.25, -0.2) is 13.2 Å². The molecule has 0 atom stereocenters. The number of fused-ring (bicyclic) bond motifs is 1. The maximum atomic E-state index is 15.6. The molecule has 0 spiro atoms. The lowest BCUT2D eigenvalue weighted by Crippen LogP contribution is -2.11. The summed E-state index contributed by atoms with van der Waals surface area (Å²) in [5.74, 6) is -2.16. The van der Waals surface area contributed by atoms with Crippen molar-refractivity contribution in [2.45, 2.75) is 19.4 Å². The number of allylic oxidation sites excluding steroid dienone is 1. The summed E-state index contributed by atoms with van der Waals surface area (Å²) in [6.07, 6.45) is 0.826. The Kier molecular flexibility index (Phi) is 5.84. The molecule has 0 heterocycles. The third-order valence-corrected chi connectivity index (χ3v) is 6.05. The molecule has 0 fully saturated rings. The minimum Gasteiger partial charge on any atom is -0.508 e. The maximum Gasteiger partial charge on any atom is 0.191 e. The fourth-order valence-electron chi connectivity index (χ4n) is 4.40. The van der Waals surface area contributed by atoms with Crippen molar-refractivity contribution >= 4 is 11.1 Å². The van der Waals surface area contributed by atoms with Crippen molar-refractivity contribution in [3.63, 3.8) is 0 Å². The second-order valence-corrected chi connectivity index (χ2v) is 8.21. The van der Waals surface area contributed by atoms with Gasteiger partial charge < -0.3 is 9.84 Å². The van der Waals surface area contributed by atoms with Crippen LogP contribution in [0.3, 0.4) is 0 Å². The van der Waals surface area contributed by atoms with E-state index in [0.29, 0.717) is 35.1 Å². The highest BCUT2D eigenvalue weighted by Crippen LogP contribution is 2.44. The van der Waals surface area contributed by atoms with Crippen molar-refractivity contribution in [2.75, 3.05) is 0 Å². The number of benzene rings is 4. The molecule has 2 nitrogen and oxygen atoms in total. The summed E-state index contributed by atoms with van der Waals surface area (Å²) in [5.41, 5.74) is 4.60. The number of rotatable bonds is 5. The molecule has 0 aromatic heterocycles. The van der Waals surface area contributed by atoms with E-state index < -0.39 is 17.4 Å². The first-order valence-electron chi connectivity index (χ1n) is 11.0. The highest BCUT2D eigenvalue weighted by atomic mass is 19.1. The largest absolute Gasteiger partial charge is 0.508 e. The van der Waals surface area contributed by atoms with Gasteiger partial charge in [0.25, 0.3) is 0 Å². The van der Waals surface area contributed by atoms with Crippen molar-refractivity contribution < 1.29 is 23.0 Å². The number of hydrogen-bond acceptors (Lipinski definition) is 2. The molecule has 0 unspecified atom stereocenters. The van der Waals surface area contributed by atoms with E-state index in [4.69, 9.17) is 4.74 Å². The summed E-state index contributed by atoms with van der Waals surface area (Å²) in [7, 11) is 0. The Bertz CT molecular complexity index is 1360. The molecule has 4 aromatic carbocycles. The summed E-state index contributed by atoms with van der Waals surface area (Å²) in [6.45, 7) is 0.0506. The molecule has 1 N–H and O–H groups in total. The molecular weight excluding hydrogens is 437 g/mol. The van der Waals surface area contributed by atoms with Crippen LogP contribution in [0.2, 0.25) is 0 Å². The average Bonchev–Trinajstić information content (AvgIpc) is 2.85. The van der Waals surface area contributed by atoms with Crippen LogP contribution in [-0.4, -0.2) is 5.11 Å². The Morgan fingerprint density at radius 1 is 0.765 bits per heavy atom. The number of phenols is 1. The van der Waals surface area contributed by atoms with Crippen LogP contribution in [0.5, 0.6) is 11.5 Å². The highest BCUT2D eigenvalue weighted by Gasteiger charge is 2.28. The molecule has 0 saturated heterocycles. The van der Waals surface area contributed by atoms with Crippen LogP contribution in [0.25, 0.3) is 11.1 Å². The molecule has 34 heavy (non-hydrogen) atoms. The Hall–Kier alpha value is -3.99. The minimum absolute atomic E-state index is 0.0506. The van der Waals surface area contributed by atoms with E-state index >= 15 is 8.78 Å². The molecule has 5 rings (SSSR count). The SMILES string of the molecule is Oc1ccc(C2=C(c3ccc(F)cc3)CCc3c2cc(F)c(OCc2ccccc2)c3F)cc1. The molecule has 0 saturated carbocycles. The Morgan fingerprint density at radius 2 is 1.44 bits per heavy atom. The zero-order chi connectivity index (χ0) is 23.7. The molecule has 0 amide bonds. The van der Waals surface area contributed by atoms with Crippen LogP contribution in [0, 0.1) is 17.5 Å². The zero-order valence-corrected chi connectivity index (χ0v) is 18.2. The predicted molar refractivity (Wildman–Crippen MR) is 126 cm³/mol. The van der Waals surface area contributed by atoms with E-state index in [2.05, 4.69) is 0 Å². The van der Waals surface area contributed by atoms with Crippen LogP contribution < -0.4 is 4.74 Å². The van der Waals surface area contributed by atoms with Gasteiger partial charge in [0, 0.05) is 5.56 Å². The van der Waals surface area contributed by atoms with Crippen molar-refractivity contribution in [2.24, 2.45) is 0 Å². The molecule has 1 aliphatic rings. The fourth-order valence-corrected chi connectivity index (χ4v) is 4.40. The van der Waals surface area contributed by atoms with Crippen molar-refractivity contribution in [1.82, 2.24) is 0 Å². The van der Waals surface area contributed by atoms with E-state index in [1.807, 2.05) is 30.3 Å². The molecule has 4 aromatic rings. The smallest absolute Gasteiger partial charge is 0.191 e. The lowest BCUT2D eigenvalue weighted by Gasteiger charge is -2.26. The lowest BCUT2D eigenvalue weighted by atomic mass is 9.79. The maximum absolute atomic E-state index is 15.6. The molecule has 0 bridgehead atoms. The summed E-state index contributed by atoms with van der Waals surface area (Å²) >= 11 is 0. The van der Waals surface area contributed by atoms with E-state index in [0.717, 1.165) is 16.7 Å². The lowest BCUT2D eigenvalue weighted by molar-refractivity contribution is 0.273. The number of aromatic hydroxyl groups is 1. The van der Waals surface area contributed by atoms with Gasteiger partial charge in [-0.1, -0.05) is 54.6 Å². The number of halogens is 3. The third kappa shape index (κ3) is 4.17. The van der Waals surface area contributed by atoms with Gasteiger partial charge in [0.1, 0.15) is 18.2 Å². The van der Waals surface area contributed by atoms with Crippen LogP contribution >= 0.6 is 0 Å². The molecule has 170 valence electrons. The summed E-state index contributed by atoms with van der Waals surface area (Å²) in [6, 6.07) is 23.0. The monoisotopic (exact) mass is 458 g/mol. The predicted octanol–water partition coefficient (Wildman–Crippen LogP) is 7.29. The first-order valence-corrected chi connectivity index (χ1v) is 11.0. The number of phenolic OH excluding ortho intramolecular Hbond substituents is 1. The van der Waals surface area contributed by atoms with Crippen molar-refractivity contribution in [3.8, 4) is 11.5 Å². The van der Waals surface area contributed by atoms with Gasteiger partial charge in [-0.2, -0.15) is 0 Å². The van der Waals surface area contributed by atoms with Gasteiger partial charge in [-0.05, 0) is 76.6 Å². The normalized spacial score (nSPS) is 13.0. The quantitative estimate of drug-likeness (QED) is 0.340. The first kappa shape index (κ1) is 21.8. The van der Waals surface area contributed by atoms with Crippen LogP contribution in [0.15, 0.2) is 84.9 Å². The second kappa shape index (κ2) is 9.10. The first-order chi connectivity index (χ1) is 16.5. The minimum atomic E-state index is -0.788. The van der Waals surface area contributed by atoms with Crippen molar-refractivity contribution in [3.05, 3.63) is 130 Å². The van der Waals surface area contributed by atoms with Crippen molar-refractivity contribution in [1.29, 1.82) is 0 Å². The van der Waals surface area contributed by atoms with Gasteiger partial charge in [-0.3, -0.25) is 0 Å². The van der Waals surface area contributed by atoms with E-state index in [-0.39, 0.29) is 18.2 Å². The van der Waals surface area contributed by atoms with Gasteiger partial charge in [0.15, 0.2) is 17.4 Å². The summed E-state index contributed by atoms with van der Waals surface area (Å²) < 4.78 is 49.9. The van der Waals surface area contributed by atoms with Gasteiger partial charge >= 0.3 is 0 Å². The summed E-state index contributed by atoms with van der Waals surface area (Å²) in [4.78, 5) is 0. The third-order valence-electron chi connectivity index (χ3n) is 6.05. The Labute approximate surface area is 195 Å². The van der Waals surface area contributed by atoms with Gasteiger partial charge in [0.05, 0.1) is 0 Å². The highest BCUT2D eigenvalue weighted by molar-refractivity contribution is 6.01. The topological polar surface area (TPSA) is 29.5 Å². The molecular formula is C29H21F3O2. The number of ether oxygens (including phenoxy) is 1. The average molecular weight is 458 g/mol. The standard InChI is InChI=1S/C29H21F3O2/c30-21-10-6-19(7-11-21)23-14-15-24-25(27(23)20-8-12-22(33)13-9-20)16-26(31)29(28(24)32)34-17-18-4-2-1-3-5-18/h1-13,16,33H,14-15,17H2. The second-order valence-electron chi connectivity index (χ2n) is 8.21. The molecule has 1 aliphatic carbocycles. The van der Waals surface area contributed by atoms with Gasteiger partial charge in [-0.15, -0.1) is 0 Å². The van der Waals surface area contributed by atoms with Gasteiger partial charge in [0.2, 0.25) is 0 Å². The van der Waals surface area contributed by atoms with E-state index in [1.165, 1.54) is 30.3 Å². The Morgan fingerprint density at radius 3 is 2.15 bits per heavy atom. The summed E-state index contributed by atoms with van der Waals surface area (Å²) in [5, 5.41) is 9.75. The van der Waals surface area contributed by atoms with Crippen LogP contribution in [0.1, 0.15) is 34.2 Å². The van der Waals surface area contributed by atoms with Crippen LogP contribution in [-0.2, 0) is 13.0 Å². The molecule has 5 heteroatoms. The fraction of sp³-hybridized carbons (Fsp3) is 0.103. The van der Waals surface area contributed by atoms with E-state index in [1.54, 1.807) is 24.3 Å². The number of hydrogen-bond donors (Lipinski definition) is 1. The molecule has 0 radical (unpaired) electrons. The van der Waals surface area contributed by atoms with E-state index in [9.17, 15) is 9.50 Å².